The molecule has 1 N–H and O–H groups in total. The van der Waals surface area contributed by atoms with Crippen molar-refractivity contribution in [1.82, 2.24) is 0 Å². The molecule has 0 bridgehead atoms. The van der Waals surface area contributed by atoms with E-state index in [9.17, 15) is 4.79 Å². The predicted octanol–water partition coefficient (Wildman–Crippen LogP) is 4.99. The first-order valence-electron chi connectivity index (χ1n) is 6.97. The topological polar surface area (TPSA) is 38.3 Å². The Hall–Kier alpha value is -1.52. The Bertz CT molecular complexity index is 688. The van der Waals surface area contributed by atoms with Crippen LogP contribution in [0.2, 0.25) is 5.02 Å². The van der Waals surface area contributed by atoms with Gasteiger partial charge in [0.1, 0.15) is 5.75 Å². The number of carbonyl (C=O) groups excluding carboxylic acids is 1. The monoisotopic (exact) mass is 381 g/mol. The van der Waals surface area contributed by atoms with Crippen LogP contribution in [-0.4, -0.2) is 12.5 Å². The van der Waals surface area contributed by atoms with E-state index in [0.29, 0.717) is 10.8 Å². The Labute approximate surface area is 143 Å². The summed E-state index contributed by atoms with van der Waals surface area (Å²) in [7, 11) is 0. The number of ether oxygens (including phenoxy) is 1. The van der Waals surface area contributed by atoms with Gasteiger partial charge in [0.25, 0.3) is 5.91 Å². The van der Waals surface area contributed by atoms with Crippen molar-refractivity contribution in [2.45, 2.75) is 20.3 Å². The fourth-order valence-corrected chi connectivity index (χ4v) is 2.84. The molecular weight excluding hydrogens is 366 g/mol. The zero-order valence-electron chi connectivity index (χ0n) is 12.5. The summed E-state index contributed by atoms with van der Waals surface area (Å²) in [5.74, 6) is 0.281. The molecule has 116 valence electrons. The standard InChI is InChI=1S/C17H17BrClNO2/c1-3-12-6-4-5-11(2)17(12)20-16(21)10-22-15-8-7-13(18)9-14(15)19/h4-9H,3,10H2,1-2H3,(H,20,21). The van der Waals surface area contributed by atoms with Gasteiger partial charge in [0.05, 0.1) is 5.02 Å². The Morgan fingerprint density at radius 2 is 2.09 bits per heavy atom. The van der Waals surface area contributed by atoms with Crippen molar-refractivity contribution >= 4 is 39.1 Å². The lowest BCUT2D eigenvalue weighted by molar-refractivity contribution is -0.118. The van der Waals surface area contributed by atoms with Crippen molar-refractivity contribution in [2.75, 3.05) is 11.9 Å². The number of halogens is 2. The molecule has 0 unspecified atom stereocenters. The molecule has 0 aliphatic carbocycles. The summed E-state index contributed by atoms with van der Waals surface area (Å²) in [6.45, 7) is 3.95. The van der Waals surface area contributed by atoms with E-state index in [0.717, 1.165) is 27.7 Å². The second-order valence-electron chi connectivity index (χ2n) is 4.87. The van der Waals surface area contributed by atoms with Crippen LogP contribution in [0.3, 0.4) is 0 Å². The number of carbonyl (C=O) groups is 1. The van der Waals surface area contributed by atoms with Gasteiger partial charge in [-0.25, -0.2) is 0 Å². The second-order valence-corrected chi connectivity index (χ2v) is 6.20. The summed E-state index contributed by atoms with van der Waals surface area (Å²) in [6, 6.07) is 11.2. The van der Waals surface area contributed by atoms with Gasteiger partial charge in [0.15, 0.2) is 6.61 Å². The van der Waals surface area contributed by atoms with Gasteiger partial charge >= 0.3 is 0 Å². The predicted molar refractivity (Wildman–Crippen MR) is 93.8 cm³/mol. The molecule has 0 spiro atoms. The maximum atomic E-state index is 12.1. The molecule has 2 rings (SSSR count). The number of amides is 1. The molecule has 2 aromatic rings. The minimum Gasteiger partial charge on any atom is -0.482 e. The molecule has 0 fully saturated rings. The lowest BCUT2D eigenvalue weighted by Gasteiger charge is -2.13. The molecule has 0 saturated heterocycles. The van der Waals surface area contributed by atoms with Crippen molar-refractivity contribution in [3.8, 4) is 5.75 Å². The van der Waals surface area contributed by atoms with E-state index in [1.54, 1.807) is 12.1 Å². The van der Waals surface area contributed by atoms with Gasteiger partial charge in [-0.05, 0) is 42.7 Å². The van der Waals surface area contributed by atoms with Crippen molar-refractivity contribution in [3.63, 3.8) is 0 Å². The second kappa shape index (κ2) is 7.65. The number of anilines is 1. The van der Waals surface area contributed by atoms with Crippen LogP contribution in [0.25, 0.3) is 0 Å². The summed E-state index contributed by atoms with van der Waals surface area (Å²) in [4.78, 5) is 12.1. The lowest BCUT2D eigenvalue weighted by atomic mass is 10.1. The smallest absolute Gasteiger partial charge is 0.262 e. The largest absolute Gasteiger partial charge is 0.482 e. The van der Waals surface area contributed by atoms with Crippen LogP contribution in [-0.2, 0) is 11.2 Å². The molecular formula is C17H17BrClNO2. The number of hydrogen-bond donors (Lipinski definition) is 1. The van der Waals surface area contributed by atoms with E-state index in [2.05, 4.69) is 28.2 Å². The molecule has 0 heterocycles. The lowest BCUT2D eigenvalue weighted by Crippen LogP contribution is -2.21. The van der Waals surface area contributed by atoms with Crippen molar-refractivity contribution in [2.24, 2.45) is 0 Å². The quantitative estimate of drug-likeness (QED) is 0.791. The molecule has 0 radical (unpaired) electrons. The summed E-state index contributed by atoms with van der Waals surface area (Å²) in [5.41, 5.74) is 3.00. The molecule has 0 aliphatic rings. The van der Waals surface area contributed by atoms with E-state index in [4.69, 9.17) is 16.3 Å². The fourth-order valence-electron chi connectivity index (χ4n) is 2.11. The van der Waals surface area contributed by atoms with Crippen molar-refractivity contribution < 1.29 is 9.53 Å². The first-order chi connectivity index (χ1) is 10.5. The molecule has 1 amide bonds. The first-order valence-corrected chi connectivity index (χ1v) is 8.14. The van der Waals surface area contributed by atoms with Crippen LogP contribution in [0.4, 0.5) is 5.69 Å². The number of para-hydroxylation sites is 1. The van der Waals surface area contributed by atoms with Crippen molar-refractivity contribution in [3.05, 3.63) is 57.0 Å². The van der Waals surface area contributed by atoms with Crippen LogP contribution in [0, 0.1) is 6.92 Å². The Kier molecular flexibility index (Phi) is 5.86. The number of rotatable bonds is 5. The van der Waals surface area contributed by atoms with Crippen molar-refractivity contribution in [1.29, 1.82) is 0 Å². The summed E-state index contributed by atoms with van der Waals surface area (Å²) in [6.07, 6.45) is 0.858. The Morgan fingerprint density at radius 3 is 2.77 bits per heavy atom. The maximum Gasteiger partial charge on any atom is 0.262 e. The van der Waals surface area contributed by atoms with E-state index < -0.39 is 0 Å². The molecule has 5 heteroatoms. The van der Waals surface area contributed by atoms with E-state index in [1.807, 2.05) is 31.2 Å². The zero-order chi connectivity index (χ0) is 16.1. The zero-order valence-corrected chi connectivity index (χ0v) is 14.8. The third kappa shape index (κ3) is 4.24. The first kappa shape index (κ1) is 16.8. The van der Waals surface area contributed by atoms with Gasteiger partial charge in [-0.15, -0.1) is 0 Å². The van der Waals surface area contributed by atoms with Gasteiger partial charge < -0.3 is 10.1 Å². The Morgan fingerprint density at radius 1 is 1.32 bits per heavy atom. The maximum absolute atomic E-state index is 12.1. The minimum atomic E-state index is -0.206. The SMILES string of the molecule is CCc1cccc(C)c1NC(=O)COc1ccc(Br)cc1Cl. The highest BCUT2D eigenvalue weighted by Gasteiger charge is 2.10. The third-order valence-electron chi connectivity index (χ3n) is 3.26. The third-order valence-corrected chi connectivity index (χ3v) is 4.05. The number of nitrogens with one attached hydrogen (secondary N) is 1. The van der Waals surface area contributed by atoms with Crippen LogP contribution in [0.1, 0.15) is 18.1 Å². The van der Waals surface area contributed by atoms with Gasteiger partial charge in [-0.1, -0.05) is 52.7 Å². The molecule has 2 aromatic carbocycles. The highest BCUT2D eigenvalue weighted by molar-refractivity contribution is 9.10. The van der Waals surface area contributed by atoms with Crippen LogP contribution < -0.4 is 10.1 Å². The average molecular weight is 383 g/mol. The van der Waals surface area contributed by atoms with Gasteiger partial charge in [0, 0.05) is 10.2 Å². The molecule has 0 saturated carbocycles. The number of benzene rings is 2. The minimum absolute atomic E-state index is 0.0845. The van der Waals surface area contributed by atoms with Gasteiger partial charge in [-0.3, -0.25) is 4.79 Å². The average Bonchev–Trinajstić information content (AvgIpc) is 2.48. The summed E-state index contributed by atoms with van der Waals surface area (Å²) >= 11 is 9.38. The molecule has 3 nitrogen and oxygen atoms in total. The number of hydrogen-bond acceptors (Lipinski definition) is 2. The molecule has 0 atom stereocenters. The highest BCUT2D eigenvalue weighted by Crippen LogP contribution is 2.27. The molecule has 0 aliphatic heterocycles. The van der Waals surface area contributed by atoms with Crippen LogP contribution in [0.5, 0.6) is 5.75 Å². The van der Waals surface area contributed by atoms with E-state index in [1.165, 1.54) is 0 Å². The van der Waals surface area contributed by atoms with Gasteiger partial charge in [-0.2, -0.15) is 0 Å². The Balaban J connectivity index is 2.02. The highest BCUT2D eigenvalue weighted by atomic mass is 79.9. The van der Waals surface area contributed by atoms with E-state index >= 15 is 0 Å². The normalized spacial score (nSPS) is 10.4. The molecule has 22 heavy (non-hydrogen) atoms. The van der Waals surface area contributed by atoms with E-state index in [-0.39, 0.29) is 12.5 Å². The fraction of sp³-hybridized carbons (Fsp3) is 0.235. The summed E-state index contributed by atoms with van der Waals surface area (Å²) in [5, 5.41) is 3.38. The number of aryl methyl sites for hydroxylation is 2. The van der Waals surface area contributed by atoms with Crippen LogP contribution >= 0.6 is 27.5 Å². The molecule has 0 aromatic heterocycles. The van der Waals surface area contributed by atoms with Crippen LogP contribution in [0.15, 0.2) is 40.9 Å². The summed E-state index contributed by atoms with van der Waals surface area (Å²) < 4.78 is 6.34. The van der Waals surface area contributed by atoms with Gasteiger partial charge in [0.2, 0.25) is 0 Å².